The van der Waals surface area contributed by atoms with Crippen LogP contribution in [0.4, 0.5) is 18.0 Å². The summed E-state index contributed by atoms with van der Waals surface area (Å²) in [4.78, 5) is 27.9. The van der Waals surface area contributed by atoms with Crippen LogP contribution in [-0.4, -0.2) is 28.9 Å². The molecular formula is C22H20F3NO4S2. The Labute approximate surface area is 190 Å². The topological polar surface area (TPSA) is 55.8 Å². The van der Waals surface area contributed by atoms with Crippen LogP contribution in [0.3, 0.4) is 0 Å². The highest BCUT2D eigenvalue weighted by molar-refractivity contribution is 7.29. The molecule has 2 aromatic heterocycles. The molecule has 0 aliphatic carbocycles. The number of nitrogens with zero attached hydrogens (tertiary/aromatic N) is 1. The van der Waals surface area contributed by atoms with Gasteiger partial charge in [-0.25, -0.2) is 9.69 Å². The Kier molecular flexibility index (Phi) is 5.70. The molecule has 170 valence electrons. The van der Waals surface area contributed by atoms with Crippen molar-refractivity contribution in [1.29, 1.82) is 0 Å². The number of thiophene rings is 2. The van der Waals surface area contributed by atoms with Gasteiger partial charge in [0.15, 0.2) is 0 Å². The quantitative estimate of drug-likeness (QED) is 0.398. The predicted octanol–water partition coefficient (Wildman–Crippen LogP) is 7.13. The summed E-state index contributed by atoms with van der Waals surface area (Å²) < 4.78 is 48.3. The summed E-state index contributed by atoms with van der Waals surface area (Å²) in [6, 6.07) is 9.30. The maximum atomic E-state index is 12.6. The molecule has 1 saturated heterocycles. The predicted molar refractivity (Wildman–Crippen MR) is 117 cm³/mol. The second-order valence-corrected chi connectivity index (χ2v) is 10.6. The van der Waals surface area contributed by atoms with Crippen LogP contribution in [0.25, 0.3) is 19.8 Å². The second kappa shape index (κ2) is 8.08. The Morgan fingerprint density at radius 3 is 2.31 bits per heavy atom. The van der Waals surface area contributed by atoms with Crippen LogP contribution in [-0.2, 0) is 9.53 Å². The molecule has 3 aromatic rings. The lowest BCUT2D eigenvalue weighted by atomic mass is 10.2. The number of hydrogen-bond donors (Lipinski definition) is 0. The van der Waals surface area contributed by atoms with Gasteiger partial charge in [0, 0.05) is 25.6 Å². The van der Waals surface area contributed by atoms with E-state index >= 15 is 0 Å². The lowest BCUT2D eigenvalue weighted by Gasteiger charge is -2.26. The van der Waals surface area contributed by atoms with Gasteiger partial charge in [0.25, 0.3) is 0 Å². The fourth-order valence-electron chi connectivity index (χ4n) is 3.47. The monoisotopic (exact) mass is 483 g/mol. The minimum Gasteiger partial charge on any atom is -0.443 e. The first-order valence-electron chi connectivity index (χ1n) is 9.84. The third kappa shape index (κ3) is 4.91. The van der Waals surface area contributed by atoms with Crippen LogP contribution in [0, 0.1) is 0 Å². The molecule has 10 heteroatoms. The molecule has 1 fully saturated rings. The van der Waals surface area contributed by atoms with Gasteiger partial charge >= 0.3 is 12.5 Å². The average Bonchev–Trinajstić information content (AvgIpc) is 3.31. The van der Waals surface area contributed by atoms with Gasteiger partial charge in [-0.2, -0.15) is 0 Å². The molecule has 2 amide bonds. The van der Waals surface area contributed by atoms with Crippen molar-refractivity contribution >= 4 is 44.1 Å². The number of imide groups is 1. The Balaban J connectivity index is 1.55. The van der Waals surface area contributed by atoms with E-state index in [2.05, 4.69) is 4.74 Å². The number of carbonyl (C=O) groups excluding carboxylic acids is 2. The molecule has 1 aromatic carbocycles. The Bertz CT molecular complexity index is 1130. The van der Waals surface area contributed by atoms with E-state index in [0.29, 0.717) is 6.42 Å². The molecule has 0 saturated carbocycles. The van der Waals surface area contributed by atoms with Gasteiger partial charge in [-0.15, -0.1) is 35.8 Å². The van der Waals surface area contributed by atoms with Crippen LogP contribution in [0.1, 0.15) is 44.5 Å². The van der Waals surface area contributed by atoms with Crippen molar-refractivity contribution in [1.82, 2.24) is 4.90 Å². The molecule has 1 unspecified atom stereocenters. The lowest BCUT2D eigenvalue weighted by molar-refractivity contribution is -0.274. The van der Waals surface area contributed by atoms with E-state index in [1.165, 1.54) is 39.7 Å². The van der Waals surface area contributed by atoms with Crippen molar-refractivity contribution in [2.24, 2.45) is 0 Å². The molecule has 0 bridgehead atoms. The van der Waals surface area contributed by atoms with E-state index in [0.717, 1.165) is 24.7 Å². The Morgan fingerprint density at radius 2 is 1.72 bits per heavy atom. The summed E-state index contributed by atoms with van der Waals surface area (Å²) in [5, 5.41) is 0. The summed E-state index contributed by atoms with van der Waals surface area (Å²) in [7, 11) is 0. The van der Waals surface area contributed by atoms with Crippen LogP contribution < -0.4 is 4.74 Å². The zero-order valence-electron chi connectivity index (χ0n) is 17.5. The summed E-state index contributed by atoms with van der Waals surface area (Å²) in [6.07, 6.45) is -4.53. The molecular weight excluding hydrogens is 463 g/mol. The van der Waals surface area contributed by atoms with Crippen LogP contribution in [0.5, 0.6) is 5.75 Å². The van der Waals surface area contributed by atoms with E-state index < -0.39 is 18.1 Å². The van der Waals surface area contributed by atoms with Crippen molar-refractivity contribution in [3.63, 3.8) is 0 Å². The summed E-state index contributed by atoms with van der Waals surface area (Å²) in [5.74, 6) is -0.516. The number of amides is 2. The number of benzene rings is 1. The average molecular weight is 484 g/mol. The number of rotatable bonds is 3. The van der Waals surface area contributed by atoms with Crippen molar-refractivity contribution in [2.45, 2.75) is 51.6 Å². The number of fused-ring (bicyclic) bond motifs is 1. The molecule has 4 rings (SSSR count). The van der Waals surface area contributed by atoms with E-state index in [9.17, 15) is 22.8 Å². The first-order valence-corrected chi connectivity index (χ1v) is 11.5. The van der Waals surface area contributed by atoms with E-state index in [-0.39, 0.29) is 24.1 Å². The van der Waals surface area contributed by atoms with Crippen molar-refractivity contribution in [3.05, 3.63) is 41.3 Å². The van der Waals surface area contributed by atoms with Gasteiger partial charge in [0.2, 0.25) is 5.91 Å². The van der Waals surface area contributed by atoms with Crippen LogP contribution in [0.15, 0.2) is 36.4 Å². The summed E-state index contributed by atoms with van der Waals surface area (Å²) in [5.41, 5.74) is 0.0801. The highest BCUT2D eigenvalue weighted by atomic mass is 32.1. The van der Waals surface area contributed by atoms with Gasteiger partial charge < -0.3 is 9.47 Å². The van der Waals surface area contributed by atoms with Crippen LogP contribution >= 0.6 is 22.7 Å². The zero-order valence-corrected chi connectivity index (χ0v) is 19.1. The summed E-state index contributed by atoms with van der Waals surface area (Å²) >= 11 is 2.99. The SMILES string of the molecule is CC(C)(C)OC(=O)N1C(=O)CCC1c1cc2sc(-c3ccc(OC(F)(F)F)cc3)cc2s1. The molecule has 3 heterocycles. The number of ether oxygens (including phenoxy) is 2. The minimum atomic E-state index is -4.72. The molecule has 1 atom stereocenters. The standard InChI is InChI=1S/C22H20F3NO4S2/c1-21(2,3)30-20(28)26-14(8-9-19(26)27)16-11-18-17(32-16)10-15(31-18)12-4-6-13(7-5-12)29-22(23,24)25/h4-7,10-11,14H,8-9H2,1-3H3. The van der Waals surface area contributed by atoms with Gasteiger partial charge in [-0.1, -0.05) is 0 Å². The number of carbonyl (C=O) groups is 2. The van der Waals surface area contributed by atoms with E-state index in [4.69, 9.17) is 4.74 Å². The number of likely N-dealkylation sites (tertiary alicyclic amines) is 1. The maximum Gasteiger partial charge on any atom is 0.573 e. The van der Waals surface area contributed by atoms with Gasteiger partial charge in [-0.3, -0.25) is 4.79 Å². The van der Waals surface area contributed by atoms with E-state index in [1.54, 1.807) is 32.9 Å². The van der Waals surface area contributed by atoms with E-state index in [1.807, 2.05) is 12.1 Å². The largest absolute Gasteiger partial charge is 0.573 e. The number of alkyl halides is 3. The molecule has 1 aliphatic heterocycles. The van der Waals surface area contributed by atoms with Crippen molar-refractivity contribution in [3.8, 4) is 16.2 Å². The first kappa shape index (κ1) is 22.6. The molecule has 32 heavy (non-hydrogen) atoms. The highest BCUT2D eigenvalue weighted by Gasteiger charge is 2.40. The zero-order chi connectivity index (χ0) is 23.3. The molecule has 0 N–H and O–H groups in total. The maximum absolute atomic E-state index is 12.6. The molecule has 5 nitrogen and oxygen atoms in total. The fourth-order valence-corrected chi connectivity index (χ4v) is 6.01. The third-order valence-electron chi connectivity index (χ3n) is 4.73. The minimum absolute atomic E-state index is 0.247. The highest BCUT2D eigenvalue weighted by Crippen LogP contribution is 2.44. The Hall–Kier alpha value is -2.59. The number of halogens is 3. The first-order chi connectivity index (χ1) is 14.9. The molecule has 0 radical (unpaired) electrons. The summed E-state index contributed by atoms with van der Waals surface area (Å²) in [6.45, 7) is 5.26. The lowest BCUT2D eigenvalue weighted by Crippen LogP contribution is -2.38. The second-order valence-electron chi connectivity index (χ2n) is 8.36. The third-order valence-corrected chi connectivity index (χ3v) is 7.17. The number of hydrogen-bond acceptors (Lipinski definition) is 6. The van der Waals surface area contributed by atoms with Crippen LogP contribution in [0.2, 0.25) is 0 Å². The normalized spacial score (nSPS) is 17.2. The molecule has 1 aliphatic rings. The smallest absolute Gasteiger partial charge is 0.443 e. The molecule has 0 spiro atoms. The van der Waals surface area contributed by atoms with Gasteiger partial charge in [0.1, 0.15) is 11.4 Å². The Morgan fingerprint density at radius 1 is 1.06 bits per heavy atom. The van der Waals surface area contributed by atoms with Gasteiger partial charge in [-0.05, 0) is 69.2 Å². The van der Waals surface area contributed by atoms with Gasteiger partial charge in [0.05, 0.1) is 6.04 Å². The van der Waals surface area contributed by atoms with Crippen molar-refractivity contribution < 1.29 is 32.2 Å². The fraction of sp³-hybridized carbons (Fsp3) is 0.364. The van der Waals surface area contributed by atoms with Crippen molar-refractivity contribution in [2.75, 3.05) is 0 Å².